The van der Waals surface area contributed by atoms with Crippen molar-refractivity contribution in [3.8, 4) is 0 Å². The largest absolute Gasteiger partial charge is 0.369 e. The lowest BCUT2D eigenvalue weighted by Crippen LogP contribution is -2.48. The first-order chi connectivity index (χ1) is 12.2. The average Bonchev–Trinajstić information content (AvgIpc) is 2.66. The van der Waals surface area contributed by atoms with Crippen molar-refractivity contribution in [1.82, 2.24) is 15.1 Å². The van der Waals surface area contributed by atoms with E-state index < -0.39 is 0 Å². The Morgan fingerprint density at radius 3 is 2.33 bits per heavy atom. The molecule has 27 heavy (non-hydrogen) atoms. The predicted octanol–water partition coefficient (Wildman–Crippen LogP) is 2.56. The maximum atomic E-state index is 12.4. The van der Waals surface area contributed by atoms with Gasteiger partial charge in [0, 0.05) is 64.0 Å². The van der Waals surface area contributed by atoms with Gasteiger partial charge in [0.1, 0.15) is 0 Å². The van der Waals surface area contributed by atoms with E-state index in [1.54, 1.807) is 0 Å². The Balaban J connectivity index is 0.00000182. The number of amides is 1. The van der Waals surface area contributed by atoms with E-state index >= 15 is 0 Å². The van der Waals surface area contributed by atoms with E-state index in [9.17, 15) is 4.79 Å². The maximum Gasteiger partial charge on any atom is 0.223 e. The van der Waals surface area contributed by atoms with Crippen molar-refractivity contribution < 1.29 is 4.79 Å². The minimum atomic E-state index is 0. The van der Waals surface area contributed by atoms with E-state index in [2.05, 4.69) is 51.2 Å². The zero-order chi connectivity index (χ0) is 17.6. The standard InChI is InChI=1S/C20H32N4O.2ClH/c1-17-4-3-5-19(16-17)23-14-12-22(13-15-23)9-8-20(25)24-10-6-18(21-2)7-11-24;;/h3-5,16,18,21H,6-15H2,1-2H3;2*1H. The number of carbonyl (C=O) groups is 1. The van der Waals surface area contributed by atoms with Gasteiger partial charge in [-0.25, -0.2) is 0 Å². The number of hydrogen-bond donors (Lipinski definition) is 1. The molecule has 2 saturated heterocycles. The SMILES string of the molecule is CNC1CCN(C(=O)CCN2CCN(c3cccc(C)c3)CC2)CC1.Cl.Cl. The average molecular weight is 417 g/mol. The number of piperidine rings is 1. The molecule has 2 fully saturated rings. The molecule has 0 atom stereocenters. The van der Waals surface area contributed by atoms with Gasteiger partial charge in [-0.05, 0) is 44.5 Å². The van der Waals surface area contributed by atoms with Gasteiger partial charge in [-0.1, -0.05) is 12.1 Å². The summed E-state index contributed by atoms with van der Waals surface area (Å²) in [5, 5.41) is 3.32. The van der Waals surface area contributed by atoms with Crippen LogP contribution >= 0.6 is 24.8 Å². The summed E-state index contributed by atoms with van der Waals surface area (Å²) in [5.74, 6) is 0.329. The van der Waals surface area contributed by atoms with Gasteiger partial charge in [0.25, 0.3) is 0 Å². The summed E-state index contributed by atoms with van der Waals surface area (Å²) in [6, 6.07) is 9.31. The molecule has 0 aliphatic carbocycles. The smallest absolute Gasteiger partial charge is 0.223 e. The summed E-state index contributed by atoms with van der Waals surface area (Å²) in [6.07, 6.45) is 2.82. The lowest BCUT2D eigenvalue weighted by atomic mass is 10.1. The summed E-state index contributed by atoms with van der Waals surface area (Å²) in [4.78, 5) is 19.4. The number of hydrogen-bond acceptors (Lipinski definition) is 4. The van der Waals surface area contributed by atoms with E-state index in [1.807, 2.05) is 7.05 Å². The van der Waals surface area contributed by atoms with Crippen LogP contribution in [0.4, 0.5) is 5.69 Å². The molecular weight excluding hydrogens is 383 g/mol. The van der Waals surface area contributed by atoms with Crippen molar-refractivity contribution in [2.45, 2.75) is 32.2 Å². The quantitative estimate of drug-likeness (QED) is 0.800. The normalized spacial score (nSPS) is 18.6. The number of piperazine rings is 1. The van der Waals surface area contributed by atoms with Crippen LogP contribution in [0, 0.1) is 6.92 Å². The summed E-state index contributed by atoms with van der Waals surface area (Å²) in [6.45, 7) is 9.04. The molecule has 0 spiro atoms. The maximum absolute atomic E-state index is 12.4. The number of nitrogens with zero attached hydrogens (tertiary/aromatic N) is 3. The molecule has 0 saturated carbocycles. The number of benzene rings is 1. The molecule has 1 aromatic carbocycles. The van der Waals surface area contributed by atoms with Crippen molar-refractivity contribution in [2.75, 3.05) is 57.8 Å². The number of carbonyl (C=O) groups excluding carboxylic acids is 1. The molecule has 2 aliphatic heterocycles. The van der Waals surface area contributed by atoms with Gasteiger partial charge in [0.2, 0.25) is 5.91 Å². The van der Waals surface area contributed by atoms with Gasteiger partial charge >= 0.3 is 0 Å². The molecule has 7 heteroatoms. The minimum Gasteiger partial charge on any atom is -0.369 e. The van der Waals surface area contributed by atoms with Crippen LogP contribution < -0.4 is 10.2 Å². The molecule has 5 nitrogen and oxygen atoms in total. The number of anilines is 1. The van der Waals surface area contributed by atoms with E-state index in [0.29, 0.717) is 18.4 Å². The summed E-state index contributed by atoms with van der Waals surface area (Å²) >= 11 is 0. The third-order valence-corrected chi connectivity index (χ3v) is 5.64. The minimum absolute atomic E-state index is 0. The highest BCUT2D eigenvalue weighted by atomic mass is 35.5. The highest BCUT2D eigenvalue weighted by molar-refractivity contribution is 5.85. The zero-order valence-electron chi connectivity index (χ0n) is 16.5. The van der Waals surface area contributed by atoms with Crippen molar-refractivity contribution >= 4 is 36.4 Å². The van der Waals surface area contributed by atoms with Crippen molar-refractivity contribution in [3.63, 3.8) is 0 Å². The summed E-state index contributed by atoms with van der Waals surface area (Å²) in [5.41, 5.74) is 2.63. The van der Waals surface area contributed by atoms with Crippen LogP contribution in [0.3, 0.4) is 0 Å². The fourth-order valence-electron chi connectivity index (χ4n) is 3.88. The Morgan fingerprint density at radius 1 is 1.07 bits per heavy atom. The monoisotopic (exact) mass is 416 g/mol. The molecule has 0 bridgehead atoms. The Bertz CT molecular complexity index is 571. The molecule has 1 amide bonds. The van der Waals surface area contributed by atoms with Crippen LogP contribution in [-0.4, -0.2) is 74.6 Å². The van der Waals surface area contributed by atoms with Gasteiger partial charge in [-0.2, -0.15) is 0 Å². The van der Waals surface area contributed by atoms with Gasteiger partial charge in [-0.15, -0.1) is 24.8 Å². The highest BCUT2D eigenvalue weighted by Crippen LogP contribution is 2.18. The molecule has 0 aromatic heterocycles. The molecule has 1 aromatic rings. The molecule has 3 rings (SSSR count). The molecule has 0 unspecified atom stereocenters. The lowest BCUT2D eigenvalue weighted by Gasteiger charge is -2.37. The van der Waals surface area contributed by atoms with Crippen LogP contribution in [-0.2, 0) is 4.79 Å². The van der Waals surface area contributed by atoms with Crippen molar-refractivity contribution in [3.05, 3.63) is 29.8 Å². The topological polar surface area (TPSA) is 38.8 Å². The highest BCUT2D eigenvalue weighted by Gasteiger charge is 2.23. The van der Waals surface area contributed by atoms with Crippen LogP contribution in [0.2, 0.25) is 0 Å². The third-order valence-electron chi connectivity index (χ3n) is 5.64. The molecule has 0 radical (unpaired) electrons. The first-order valence-electron chi connectivity index (χ1n) is 9.65. The second-order valence-electron chi connectivity index (χ2n) is 7.36. The predicted molar refractivity (Wildman–Crippen MR) is 118 cm³/mol. The zero-order valence-corrected chi connectivity index (χ0v) is 18.2. The van der Waals surface area contributed by atoms with E-state index in [-0.39, 0.29) is 24.8 Å². The van der Waals surface area contributed by atoms with Gasteiger partial charge in [0.05, 0.1) is 0 Å². The summed E-state index contributed by atoms with van der Waals surface area (Å²) < 4.78 is 0. The van der Waals surface area contributed by atoms with Crippen molar-refractivity contribution in [2.24, 2.45) is 0 Å². The van der Waals surface area contributed by atoms with Crippen LogP contribution in [0.5, 0.6) is 0 Å². The Kier molecular flexibility index (Phi) is 10.5. The molecular formula is C20H34Cl2N4O. The van der Waals surface area contributed by atoms with Gasteiger partial charge in [0.15, 0.2) is 0 Å². The van der Waals surface area contributed by atoms with E-state index in [1.165, 1.54) is 11.3 Å². The number of halogens is 2. The molecule has 2 heterocycles. The second kappa shape index (κ2) is 11.7. The fourth-order valence-corrected chi connectivity index (χ4v) is 3.88. The first kappa shape index (κ1) is 24.0. The summed E-state index contributed by atoms with van der Waals surface area (Å²) in [7, 11) is 2.01. The van der Waals surface area contributed by atoms with Crippen LogP contribution in [0.15, 0.2) is 24.3 Å². The number of rotatable bonds is 5. The molecule has 2 aliphatic rings. The third kappa shape index (κ3) is 6.83. The second-order valence-corrected chi connectivity index (χ2v) is 7.36. The van der Waals surface area contributed by atoms with E-state index in [4.69, 9.17) is 0 Å². The first-order valence-corrected chi connectivity index (χ1v) is 9.65. The van der Waals surface area contributed by atoms with Gasteiger partial charge in [-0.3, -0.25) is 9.69 Å². The molecule has 154 valence electrons. The number of likely N-dealkylation sites (tertiary alicyclic amines) is 1. The lowest BCUT2D eigenvalue weighted by molar-refractivity contribution is -0.132. The van der Waals surface area contributed by atoms with Crippen LogP contribution in [0.25, 0.3) is 0 Å². The Hall–Kier alpha value is -1.01. The number of aryl methyl sites for hydroxylation is 1. The van der Waals surface area contributed by atoms with Crippen LogP contribution in [0.1, 0.15) is 24.8 Å². The number of nitrogens with one attached hydrogen (secondary N) is 1. The van der Waals surface area contributed by atoms with E-state index in [0.717, 1.165) is 58.7 Å². The van der Waals surface area contributed by atoms with Gasteiger partial charge < -0.3 is 15.1 Å². The Labute approximate surface area is 176 Å². The fraction of sp³-hybridized carbons (Fsp3) is 0.650. The van der Waals surface area contributed by atoms with Crippen molar-refractivity contribution in [1.29, 1.82) is 0 Å². The molecule has 1 N–H and O–H groups in total. The Morgan fingerprint density at radius 2 is 1.74 bits per heavy atom.